The summed E-state index contributed by atoms with van der Waals surface area (Å²) in [6, 6.07) is -0.481. The van der Waals surface area contributed by atoms with Gasteiger partial charge in [0, 0.05) is 60.1 Å². The number of aliphatic imine (C=N–C) groups is 1. The van der Waals surface area contributed by atoms with Crippen molar-refractivity contribution in [2.75, 3.05) is 20.1 Å². The molecule has 39 heavy (non-hydrogen) atoms. The largest absolute Gasteiger partial charge is 0.370 e. The van der Waals surface area contributed by atoms with Crippen LogP contribution in [0, 0.1) is 11.8 Å². The number of hydrogen-bond donors (Lipinski definition) is 4. The van der Waals surface area contributed by atoms with E-state index < -0.39 is 5.92 Å². The molecule has 0 saturated carbocycles. The highest BCUT2D eigenvalue weighted by Crippen LogP contribution is 2.44. The SMILES string of the molecule is CNC(=O)[C@H](CCCCN=C(N)N)CC(=O)c1csc([C@@H]2C[C@@H](N)CN2C(=O)C2=CC3C=C(Cl)C=CC3S2)n1. The van der Waals surface area contributed by atoms with Gasteiger partial charge in [0.25, 0.3) is 5.91 Å². The normalized spacial score (nSPS) is 24.5. The maximum atomic E-state index is 13.5. The average Bonchev–Trinajstić information content (AvgIpc) is 3.64. The maximum absolute atomic E-state index is 13.5. The first-order valence-corrected chi connectivity index (χ1v) is 15.1. The van der Waals surface area contributed by atoms with Gasteiger partial charge in [-0.25, -0.2) is 4.98 Å². The van der Waals surface area contributed by atoms with Crippen LogP contribution < -0.4 is 22.5 Å². The number of nitrogens with zero attached hydrogens (tertiary/aromatic N) is 3. The number of hydrogen-bond acceptors (Lipinski definition) is 8. The number of rotatable bonds is 11. The zero-order valence-corrected chi connectivity index (χ0v) is 24.1. The van der Waals surface area contributed by atoms with Gasteiger partial charge in [-0.3, -0.25) is 19.4 Å². The van der Waals surface area contributed by atoms with Crippen LogP contribution >= 0.6 is 34.7 Å². The van der Waals surface area contributed by atoms with E-state index in [0.717, 1.165) is 0 Å². The molecule has 1 aromatic heterocycles. The standard InChI is InChI=1S/C26H34ClN7O3S2/c1-31-23(36)14(4-2-3-7-32-26(29)30)9-20(35)18-13-38-24(33-18)19-11-17(28)12-34(19)25(37)22-10-15-8-16(27)5-6-21(15)39-22/h5-6,8,10,13-15,17,19,21H,2-4,7,9,11-12,28H2,1H3,(H,31,36)(H4,29,30,32)/t14-,15?,17-,19+,21?/m1/s1. The van der Waals surface area contributed by atoms with Crippen LogP contribution in [0.25, 0.3) is 0 Å². The van der Waals surface area contributed by atoms with E-state index in [1.54, 1.807) is 17.3 Å². The number of halogens is 1. The van der Waals surface area contributed by atoms with Gasteiger partial charge in [-0.1, -0.05) is 36.2 Å². The first-order valence-electron chi connectivity index (χ1n) is 12.9. The Kier molecular flexibility index (Phi) is 9.86. The highest BCUT2D eigenvalue weighted by Gasteiger charge is 2.40. The van der Waals surface area contributed by atoms with E-state index in [-0.39, 0.29) is 53.2 Å². The van der Waals surface area contributed by atoms with Crippen LogP contribution in [-0.2, 0) is 9.59 Å². The Hall–Kier alpha value is -2.67. The number of ketones is 1. The van der Waals surface area contributed by atoms with Crippen LogP contribution in [0.15, 0.2) is 44.6 Å². The molecule has 1 aliphatic carbocycles. The molecular weight excluding hydrogens is 558 g/mol. The monoisotopic (exact) mass is 591 g/mol. The second-order valence-electron chi connectivity index (χ2n) is 9.88. The summed E-state index contributed by atoms with van der Waals surface area (Å²) in [5, 5.41) is 5.86. The zero-order chi connectivity index (χ0) is 28.1. The number of unbranched alkanes of at least 4 members (excludes halogenated alkanes) is 1. The third kappa shape index (κ3) is 7.30. The molecule has 5 atom stereocenters. The fourth-order valence-electron chi connectivity index (χ4n) is 5.00. The number of fused-ring (bicyclic) bond motifs is 1. The van der Waals surface area contributed by atoms with Crippen molar-refractivity contribution in [2.45, 2.75) is 49.4 Å². The number of thioether (sulfide) groups is 1. The molecule has 0 aromatic carbocycles. The van der Waals surface area contributed by atoms with E-state index in [0.29, 0.717) is 59.4 Å². The minimum Gasteiger partial charge on any atom is -0.370 e. The number of nitrogens with two attached hydrogens (primary N) is 3. The van der Waals surface area contributed by atoms with Crippen LogP contribution in [-0.4, -0.2) is 64.9 Å². The minimum atomic E-state index is -0.476. The van der Waals surface area contributed by atoms with Gasteiger partial charge < -0.3 is 27.4 Å². The van der Waals surface area contributed by atoms with E-state index in [1.165, 1.54) is 23.1 Å². The molecular formula is C26H34ClN7O3S2. The van der Waals surface area contributed by atoms with Crippen molar-refractivity contribution in [1.29, 1.82) is 0 Å². The second-order valence-corrected chi connectivity index (χ2v) is 12.4. The number of likely N-dealkylation sites (tertiary alicyclic amines) is 1. The Morgan fingerprint density at radius 3 is 2.82 bits per heavy atom. The quantitative estimate of drug-likeness (QED) is 0.132. The molecule has 4 rings (SSSR count). The number of nitrogens with one attached hydrogen (secondary N) is 1. The van der Waals surface area contributed by atoms with Gasteiger partial charge in [0.2, 0.25) is 5.91 Å². The first-order chi connectivity index (χ1) is 18.7. The lowest BCUT2D eigenvalue weighted by molar-refractivity contribution is -0.127. The first kappa shape index (κ1) is 29.3. The summed E-state index contributed by atoms with van der Waals surface area (Å²) < 4.78 is 0. The van der Waals surface area contributed by atoms with Crippen molar-refractivity contribution >= 4 is 58.3 Å². The van der Waals surface area contributed by atoms with E-state index in [1.807, 2.05) is 24.3 Å². The molecule has 0 spiro atoms. The van der Waals surface area contributed by atoms with Crippen LogP contribution in [0.5, 0.6) is 0 Å². The molecule has 1 aromatic rings. The molecule has 0 bridgehead atoms. The van der Waals surface area contributed by atoms with Crippen LogP contribution in [0.3, 0.4) is 0 Å². The molecule has 2 amide bonds. The molecule has 13 heteroatoms. The van der Waals surface area contributed by atoms with Crippen molar-refractivity contribution in [3.63, 3.8) is 0 Å². The lowest BCUT2D eigenvalue weighted by Gasteiger charge is -2.23. The van der Waals surface area contributed by atoms with Gasteiger partial charge >= 0.3 is 0 Å². The third-order valence-corrected chi connectivity index (χ3v) is 9.49. The van der Waals surface area contributed by atoms with Crippen LogP contribution in [0.2, 0.25) is 0 Å². The summed E-state index contributed by atoms with van der Waals surface area (Å²) in [7, 11) is 1.56. The van der Waals surface area contributed by atoms with E-state index in [9.17, 15) is 14.4 Å². The molecule has 210 valence electrons. The fourth-order valence-corrected chi connectivity index (χ4v) is 7.38. The van der Waals surface area contributed by atoms with E-state index in [4.69, 9.17) is 28.8 Å². The number of guanidine groups is 1. The Morgan fingerprint density at radius 1 is 1.28 bits per heavy atom. The number of aromatic nitrogens is 1. The molecule has 0 radical (unpaired) electrons. The van der Waals surface area contributed by atoms with E-state index in [2.05, 4.69) is 15.3 Å². The Balaban J connectivity index is 1.41. The second kappa shape index (κ2) is 13.1. The zero-order valence-electron chi connectivity index (χ0n) is 21.7. The Morgan fingerprint density at radius 2 is 2.08 bits per heavy atom. The number of carbonyl (C=O) groups is 3. The molecule has 3 aliphatic rings. The molecule has 1 fully saturated rings. The summed E-state index contributed by atoms with van der Waals surface area (Å²) in [5.41, 5.74) is 17.3. The Bertz CT molecular complexity index is 1220. The highest BCUT2D eigenvalue weighted by atomic mass is 35.5. The lowest BCUT2D eigenvalue weighted by Crippen LogP contribution is -2.33. The highest BCUT2D eigenvalue weighted by molar-refractivity contribution is 8.05. The van der Waals surface area contributed by atoms with Gasteiger partial charge in [0.05, 0.1) is 10.9 Å². The van der Waals surface area contributed by atoms with Gasteiger partial charge in [-0.05, 0) is 25.3 Å². The summed E-state index contributed by atoms with van der Waals surface area (Å²) >= 11 is 9.03. The predicted octanol–water partition coefficient (Wildman–Crippen LogP) is 2.43. The van der Waals surface area contributed by atoms with Gasteiger partial charge in [-0.15, -0.1) is 23.1 Å². The number of carbonyl (C=O) groups excluding carboxylic acids is 3. The van der Waals surface area contributed by atoms with Crippen LogP contribution in [0.1, 0.15) is 53.6 Å². The van der Waals surface area contributed by atoms with Gasteiger partial charge in [0.15, 0.2) is 11.7 Å². The fraction of sp³-hybridized carbons (Fsp3) is 0.500. The third-order valence-electron chi connectivity index (χ3n) is 6.98. The molecule has 1 saturated heterocycles. The Labute approximate surface area is 241 Å². The smallest absolute Gasteiger partial charge is 0.260 e. The number of Topliss-reactive ketones (excluding diaryl/α,β-unsaturated/α-hetero) is 1. The van der Waals surface area contributed by atoms with Gasteiger partial charge in [-0.2, -0.15) is 0 Å². The topological polar surface area (TPSA) is 170 Å². The van der Waals surface area contributed by atoms with Crippen molar-refractivity contribution in [1.82, 2.24) is 15.2 Å². The van der Waals surface area contributed by atoms with E-state index >= 15 is 0 Å². The molecule has 3 heterocycles. The molecule has 2 unspecified atom stereocenters. The van der Waals surface area contributed by atoms with Crippen molar-refractivity contribution in [3.05, 3.63) is 50.3 Å². The average molecular weight is 592 g/mol. The number of amides is 2. The summed E-state index contributed by atoms with van der Waals surface area (Å²) in [5.74, 6) is -0.820. The number of thiazole rings is 1. The van der Waals surface area contributed by atoms with Crippen molar-refractivity contribution < 1.29 is 14.4 Å². The van der Waals surface area contributed by atoms with Crippen molar-refractivity contribution in [3.8, 4) is 0 Å². The molecule has 10 nitrogen and oxygen atoms in total. The summed E-state index contributed by atoms with van der Waals surface area (Å²) in [6.07, 6.45) is 10.4. The summed E-state index contributed by atoms with van der Waals surface area (Å²) in [4.78, 5) is 50.1. The van der Waals surface area contributed by atoms with Crippen molar-refractivity contribution in [2.24, 2.45) is 34.0 Å². The number of allylic oxidation sites excluding steroid dienone is 4. The lowest BCUT2D eigenvalue weighted by atomic mass is 9.94. The molecule has 7 N–H and O–H groups in total. The van der Waals surface area contributed by atoms with Gasteiger partial charge in [0.1, 0.15) is 10.7 Å². The van der Waals surface area contributed by atoms with Crippen LogP contribution in [0.4, 0.5) is 0 Å². The maximum Gasteiger partial charge on any atom is 0.260 e. The molecule has 2 aliphatic heterocycles. The predicted molar refractivity (Wildman–Crippen MR) is 156 cm³/mol. The minimum absolute atomic E-state index is 0.0341. The summed E-state index contributed by atoms with van der Waals surface area (Å²) in [6.45, 7) is 0.896.